The molecular formula is C30H46NO7P. The van der Waals surface area contributed by atoms with Gasteiger partial charge in [0, 0.05) is 25.0 Å². The van der Waals surface area contributed by atoms with Crippen LogP contribution in [-0.2, 0) is 34.6 Å². The number of aliphatic carboxylic acids is 1. The van der Waals surface area contributed by atoms with Crippen LogP contribution in [0.25, 0.3) is 0 Å². The zero-order valence-electron chi connectivity index (χ0n) is 23.8. The van der Waals surface area contributed by atoms with E-state index in [2.05, 4.69) is 0 Å². The number of rotatable bonds is 14. The van der Waals surface area contributed by atoms with Gasteiger partial charge in [0.25, 0.3) is 0 Å². The largest absolute Gasteiger partial charge is 0.480 e. The Labute approximate surface area is 233 Å². The fourth-order valence-electron chi connectivity index (χ4n) is 5.80. The standard InChI is InChI=1S/C30H46NO7P/c1-4-28(33)37-30(22(2)3)38-39(36,18-12-11-15-23-13-7-5-8-14-23)21-27(32)31-20-25(19-26(31)29(34)35)24-16-9-6-10-17-24/h5,7-8,13-14,22,24-26,30H,4,6,9-12,15-21H2,1-3H3,(H,34,35)/t25-,26-,30+,39?/m1/s1. The summed E-state index contributed by atoms with van der Waals surface area (Å²) in [6.07, 6.45) is 7.12. The first-order valence-electron chi connectivity index (χ1n) is 14.6. The van der Waals surface area contributed by atoms with Crippen molar-refractivity contribution in [2.24, 2.45) is 17.8 Å². The van der Waals surface area contributed by atoms with Crippen LogP contribution in [-0.4, -0.2) is 59.1 Å². The Balaban J connectivity index is 1.73. The number of amides is 1. The van der Waals surface area contributed by atoms with Gasteiger partial charge < -0.3 is 14.7 Å². The lowest BCUT2D eigenvalue weighted by Gasteiger charge is -2.30. The van der Waals surface area contributed by atoms with E-state index < -0.39 is 37.5 Å². The van der Waals surface area contributed by atoms with Gasteiger partial charge in [-0.1, -0.05) is 83.2 Å². The molecule has 9 heteroatoms. The molecular weight excluding hydrogens is 517 g/mol. The lowest BCUT2D eigenvalue weighted by Crippen LogP contribution is -2.42. The molecule has 1 unspecified atom stereocenters. The lowest BCUT2D eigenvalue weighted by molar-refractivity contribution is -0.169. The van der Waals surface area contributed by atoms with Gasteiger partial charge >= 0.3 is 11.9 Å². The molecule has 1 N–H and O–H groups in total. The summed E-state index contributed by atoms with van der Waals surface area (Å²) in [5, 5.41) is 9.92. The van der Waals surface area contributed by atoms with Gasteiger partial charge in [-0.15, -0.1) is 0 Å². The molecule has 1 saturated carbocycles. The summed E-state index contributed by atoms with van der Waals surface area (Å²) in [7, 11) is -3.60. The molecule has 0 aromatic heterocycles. The van der Waals surface area contributed by atoms with Crippen molar-refractivity contribution in [1.29, 1.82) is 0 Å². The number of carboxylic acid groups (broad SMARTS) is 1. The minimum atomic E-state index is -3.60. The molecule has 0 spiro atoms. The van der Waals surface area contributed by atoms with Crippen LogP contribution in [0.2, 0.25) is 0 Å². The van der Waals surface area contributed by atoms with E-state index in [1.807, 2.05) is 44.2 Å². The molecule has 3 rings (SSSR count). The van der Waals surface area contributed by atoms with Crippen LogP contribution in [0.5, 0.6) is 0 Å². The minimum Gasteiger partial charge on any atom is -0.480 e. The Morgan fingerprint density at radius 2 is 1.74 bits per heavy atom. The third-order valence-electron chi connectivity index (χ3n) is 8.07. The molecule has 2 aliphatic rings. The zero-order chi connectivity index (χ0) is 28.4. The number of carbonyl (C=O) groups excluding carboxylic acids is 2. The van der Waals surface area contributed by atoms with Gasteiger partial charge in [-0.3, -0.25) is 18.7 Å². The van der Waals surface area contributed by atoms with Gasteiger partial charge in [-0.05, 0) is 43.1 Å². The highest BCUT2D eigenvalue weighted by Crippen LogP contribution is 2.51. The summed E-state index contributed by atoms with van der Waals surface area (Å²) in [5.41, 5.74) is 1.18. The van der Waals surface area contributed by atoms with Gasteiger partial charge in [0.15, 0.2) is 0 Å². The Bertz CT molecular complexity index is 992. The average Bonchev–Trinajstić information content (AvgIpc) is 3.38. The molecule has 0 bridgehead atoms. The van der Waals surface area contributed by atoms with E-state index in [9.17, 15) is 24.1 Å². The topological polar surface area (TPSA) is 110 Å². The quantitative estimate of drug-likeness (QED) is 0.126. The second-order valence-electron chi connectivity index (χ2n) is 11.5. The number of carbonyl (C=O) groups is 3. The molecule has 39 heavy (non-hydrogen) atoms. The number of esters is 1. The molecule has 4 atom stereocenters. The van der Waals surface area contributed by atoms with E-state index >= 15 is 0 Å². The van der Waals surface area contributed by atoms with Crippen LogP contribution in [0, 0.1) is 17.8 Å². The lowest BCUT2D eigenvalue weighted by atomic mass is 9.79. The summed E-state index contributed by atoms with van der Waals surface area (Å²) in [5.74, 6) is -1.61. The van der Waals surface area contributed by atoms with Crippen LogP contribution in [0.4, 0.5) is 0 Å². The van der Waals surface area contributed by atoms with Gasteiger partial charge in [-0.25, -0.2) is 4.79 Å². The number of ether oxygens (including phenoxy) is 1. The molecule has 0 radical (unpaired) electrons. The van der Waals surface area contributed by atoms with E-state index in [0.29, 0.717) is 25.3 Å². The molecule has 1 aliphatic carbocycles. The van der Waals surface area contributed by atoms with Crippen LogP contribution in [0.3, 0.4) is 0 Å². The van der Waals surface area contributed by atoms with Gasteiger partial charge in [0.05, 0.1) is 0 Å². The van der Waals surface area contributed by atoms with Crippen LogP contribution in [0.15, 0.2) is 30.3 Å². The van der Waals surface area contributed by atoms with Crippen molar-refractivity contribution in [1.82, 2.24) is 4.90 Å². The van der Waals surface area contributed by atoms with Crippen molar-refractivity contribution in [2.75, 3.05) is 18.9 Å². The Kier molecular flexibility index (Phi) is 12.1. The van der Waals surface area contributed by atoms with Crippen molar-refractivity contribution < 1.29 is 33.3 Å². The first kappa shape index (κ1) is 31.3. The SMILES string of the molecule is CCC(=O)O[C@@H](OP(=O)(CCCCc1ccccc1)CC(=O)N1C[C@H](C2CCCCC2)C[C@@H]1C(=O)O)C(C)C. The van der Waals surface area contributed by atoms with Gasteiger partial charge in [0.2, 0.25) is 19.6 Å². The predicted octanol–water partition coefficient (Wildman–Crippen LogP) is 6.12. The van der Waals surface area contributed by atoms with E-state index in [1.165, 1.54) is 16.9 Å². The molecule has 1 aliphatic heterocycles. The Hall–Kier alpha value is -2.18. The minimum absolute atomic E-state index is 0.149. The van der Waals surface area contributed by atoms with E-state index in [-0.39, 0.29) is 30.6 Å². The predicted molar refractivity (Wildman–Crippen MR) is 151 cm³/mol. The average molecular weight is 564 g/mol. The van der Waals surface area contributed by atoms with Crippen LogP contribution >= 0.6 is 7.37 Å². The van der Waals surface area contributed by atoms with Gasteiger partial charge in [-0.2, -0.15) is 0 Å². The maximum absolute atomic E-state index is 14.2. The second kappa shape index (κ2) is 15.0. The zero-order valence-corrected chi connectivity index (χ0v) is 24.7. The third-order valence-corrected chi connectivity index (χ3v) is 10.4. The first-order chi connectivity index (χ1) is 18.6. The molecule has 8 nitrogen and oxygen atoms in total. The maximum atomic E-state index is 14.2. The summed E-state index contributed by atoms with van der Waals surface area (Å²) in [4.78, 5) is 39.2. The summed E-state index contributed by atoms with van der Waals surface area (Å²) in [6.45, 7) is 5.68. The summed E-state index contributed by atoms with van der Waals surface area (Å²) in [6, 6.07) is 9.10. The maximum Gasteiger partial charge on any atom is 0.326 e. The van der Waals surface area contributed by atoms with Crippen molar-refractivity contribution in [3.63, 3.8) is 0 Å². The highest BCUT2D eigenvalue weighted by Gasteiger charge is 2.44. The van der Waals surface area contributed by atoms with Crippen molar-refractivity contribution in [2.45, 2.75) is 97.3 Å². The number of likely N-dealkylation sites (tertiary alicyclic amines) is 1. The van der Waals surface area contributed by atoms with Crippen LogP contribution in [0.1, 0.15) is 84.1 Å². The molecule has 2 fully saturated rings. The monoisotopic (exact) mass is 563 g/mol. The number of hydrogen-bond donors (Lipinski definition) is 1. The number of carboxylic acids is 1. The highest BCUT2D eigenvalue weighted by molar-refractivity contribution is 7.59. The molecule has 1 aromatic rings. The fourth-order valence-corrected chi connectivity index (χ4v) is 8.10. The summed E-state index contributed by atoms with van der Waals surface area (Å²) < 4.78 is 25.7. The smallest absolute Gasteiger partial charge is 0.326 e. The third kappa shape index (κ3) is 9.46. The second-order valence-corrected chi connectivity index (χ2v) is 14.1. The fraction of sp³-hybridized carbons (Fsp3) is 0.700. The Morgan fingerprint density at radius 1 is 1.05 bits per heavy atom. The number of benzene rings is 1. The number of unbranched alkanes of at least 4 members (excludes halogenated alkanes) is 1. The Morgan fingerprint density at radius 3 is 2.36 bits per heavy atom. The molecule has 1 aromatic carbocycles. The van der Waals surface area contributed by atoms with Crippen molar-refractivity contribution >= 4 is 25.2 Å². The molecule has 1 saturated heterocycles. The van der Waals surface area contributed by atoms with Gasteiger partial charge in [0.1, 0.15) is 12.2 Å². The molecule has 1 amide bonds. The summed E-state index contributed by atoms with van der Waals surface area (Å²) >= 11 is 0. The normalized spacial score (nSPS) is 22.4. The molecule has 1 heterocycles. The van der Waals surface area contributed by atoms with Crippen molar-refractivity contribution in [3.05, 3.63) is 35.9 Å². The molecule has 218 valence electrons. The first-order valence-corrected chi connectivity index (χ1v) is 16.6. The number of nitrogens with zero attached hydrogens (tertiary/aromatic N) is 1. The van der Waals surface area contributed by atoms with Crippen LogP contribution < -0.4 is 0 Å². The van der Waals surface area contributed by atoms with E-state index in [0.717, 1.165) is 38.5 Å². The van der Waals surface area contributed by atoms with E-state index in [4.69, 9.17) is 9.26 Å². The van der Waals surface area contributed by atoms with Crippen molar-refractivity contribution in [3.8, 4) is 0 Å². The number of aryl methyl sites for hydroxylation is 1. The number of hydrogen-bond acceptors (Lipinski definition) is 6. The highest BCUT2D eigenvalue weighted by atomic mass is 31.2. The van der Waals surface area contributed by atoms with E-state index in [1.54, 1.807) is 6.92 Å².